The molecule has 0 radical (unpaired) electrons. The summed E-state index contributed by atoms with van der Waals surface area (Å²) >= 11 is 3.43. The summed E-state index contributed by atoms with van der Waals surface area (Å²) in [6.45, 7) is 3.79. The number of aryl methyl sites for hydroxylation is 2. The Hall–Kier alpha value is -1.48. The maximum atomic E-state index is 13.1. The molecule has 0 aliphatic rings. The third-order valence-electron chi connectivity index (χ3n) is 2.84. The third-order valence-corrected chi connectivity index (χ3v) is 3.69. The predicted octanol–water partition coefficient (Wildman–Crippen LogP) is 4.44. The molecule has 0 aliphatic carbocycles. The van der Waals surface area contributed by atoms with E-state index in [-0.39, 0.29) is 5.78 Å². The number of hydrogen-bond donors (Lipinski definition) is 0. The van der Waals surface area contributed by atoms with E-state index in [0.29, 0.717) is 11.1 Å². The first-order chi connectivity index (χ1) is 8.49. The predicted molar refractivity (Wildman–Crippen MR) is 73.4 cm³/mol. The lowest BCUT2D eigenvalue weighted by Crippen LogP contribution is -2.04. The topological polar surface area (TPSA) is 17.1 Å². The molecule has 18 heavy (non-hydrogen) atoms. The van der Waals surface area contributed by atoms with Gasteiger partial charge in [-0.25, -0.2) is 4.39 Å². The lowest BCUT2D eigenvalue weighted by atomic mass is 9.97. The molecule has 0 unspecified atom stereocenters. The first-order valence-electron chi connectivity index (χ1n) is 5.56. The van der Waals surface area contributed by atoms with E-state index in [9.17, 15) is 9.18 Å². The number of halogens is 2. The Morgan fingerprint density at radius 1 is 1.11 bits per heavy atom. The fourth-order valence-corrected chi connectivity index (χ4v) is 2.27. The molecule has 3 heteroatoms. The van der Waals surface area contributed by atoms with Crippen molar-refractivity contribution in [2.24, 2.45) is 0 Å². The molecule has 92 valence electrons. The summed E-state index contributed by atoms with van der Waals surface area (Å²) in [5.74, 6) is -0.546. The summed E-state index contributed by atoms with van der Waals surface area (Å²) in [5.41, 5.74) is 2.85. The Labute approximate surface area is 114 Å². The van der Waals surface area contributed by atoms with Crippen LogP contribution in [0, 0.1) is 19.7 Å². The Morgan fingerprint density at radius 3 is 2.50 bits per heavy atom. The van der Waals surface area contributed by atoms with E-state index in [2.05, 4.69) is 15.9 Å². The van der Waals surface area contributed by atoms with Crippen LogP contribution in [-0.4, -0.2) is 5.78 Å². The quantitative estimate of drug-likeness (QED) is 0.750. The van der Waals surface area contributed by atoms with Crippen molar-refractivity contribution in [1.82, 2.24) is 0 Å². The molecule has 0 fully saturated rings. The number of hydrogen-bond acceptors (Lipinski definition) is 1. The van der Waals surface area contributed by atoms with Gasteiger partial charge in [0.2, 0.25) is 0 Å². The Morgan fingerprint density at radius 2 is 1.83 bits per heavy atom. The minimum atomic E-state index is -0.396. The van der Waals surface area contributed by atoms with Crippen molar-refractivity contribution in [3.63, 3.8) is 0 Å². The Kier molecular flexibility index (Phi) is 3.62. The second-order valence-electron chi connectivity index (χ2n) is 4.26. The second-order valence-corrected chi connectivity index (χ2v) is 5.11. The first-order valence-corrected chi connectivity index (χ1v) is 6.35. The van der Waals surface area contributed by atoms with Crippen LogP contribution in [0.3, 0.4) is 0 Å². The monoisotopic (exact) mass is 306 g/mol. The third kappa shape index (κ3) is 2.51. The summed E-state index contributed by atoms with van der Waals surface area (Å²) in [6, 6.07) is 9.50. The molecule has 0 aromatic heterocycles. The van der Waals surface area contributed by atoms with Crippen LogP contribution in [0.1, 0.15) is 27.0 Å². The zero-order valence-corrected chi connectivity index (χ0v) is 11.7. The summed E-state index contributed by atoms with van der Waals surface area (Å²) in [5, 5.41) is 0. The van der Waals surface area contributed by atoms with Gasteiger partial charge in [0.15, 0.2) is 5.78 Å². The standard InChI is InChI=1S/C15H12BrFO/c1-9-7-14(16)10(2)6-13(9)15(18)11-4-3-5-12(17)8-11/h3-8H,1-2H3. The van der Waals surface area contributed by atoms with Crippen LogP contribution in [0.2, 0.25) is 0 Å². The van der Waals surface area contributed by atoms with Crippen LogP contribution in [0.25, 0.3) is 0 Å². The molecule has 0 aliphatic heterocycles. The van der Waals surface area contributed by atoms with E-state index in [1.165, 1.54) is 12.1 Å². The normalized spacial score (nSPS) is 10.4. The van der Waals surface area contributed by atoms with Gasteiger partial charge < -0.3 is 0 Å². The van der Waals surface area contributed by atoms with Crippen LogP contribution in [0.5, 0.6) is 0 Å². The molecular formula is C15H12BrFO. The van der Waals surface area contributed by atoms with Crippen LogP contribution in [-0.2, 0) is 0 Å². The summed E-state index contributed by atoms with van der Waals surface area (Å²) in [4.78, 5) is 12.3. The Bertz CT molecular complexity index is 620. The molecule has 0 heterocycles. The second kappa shape index (κ2) is 5.02. The lowest BCUT2D eigenvalue weighted by molar-refractivity contribution is 0.103. The van der Waals surface area contributed by atoms with Crippen molar-refractivity contribution in [3.8, 4) is 0 Å². The highest BCUT2D eigenvalue weighted by Crippen LogP contribution is 2.23. The van der Waals surface area contributed by atoms with Gasteiger partial charge in [-0.05, 0) is 49.2 Å². The molecule has 2 aromatic carbocycles. The van der Waals surface area contributed by atoms with E-state index in [1.807, 2.05) is 26.0 Å². The van der Waals surface area contributed by atoms with Crippen molar-refractivity contribution in [3.05, 3.63) is 68.9 Å². The van der Waals surface area contributed by atoms with Gasteiger partial charge in [-0.15, -0.1) is 0 Å². The largest absolute Gasteiger partial charge is 0.289 e. The van der Waals surface area contributed by atoms with Crippen molar-refractivity contribution < 1.29 is 9.18 Å². The van der Waals surface area contributed by atoms with Crippen LogP contribution in [0.4, 0.5) is 4.39 Å². The van der Waals surface area contributed by atoms with Crippen LogP contribution in [0.15, 0.2) is 40.9 Å². The van der Waals surface area contributed by atoms with Crippen molar-refractivity contribution in [2.45, 2.75) is 13.8 Å². The first kappa shape index (κ1) is 13.0. The maximum absolute atomic E-state index is 13.1. The summed E-state index contributed by atoms with van der Waals surface area (Å²) < 4.78 is 14.1. The van der Waals surface area contributed by atoms with Crippen molar-refractivity contribution in [2.75, 3.05) is 0 Å². The van der Waals surface area contributed by atoms with Crippen LogP contribution >= 0.6 is 15.9 Å². The maximum Gasteiger partial charge on any atom is 0.193 e. The molecule has 0 saturated carbocycles. The van der Waals surface area contributed by atoms with Gasteiger partial charge in [0.25, 0.3) is 0 Å². The molecule has 0 saturated heterocycles. The highest BCUT2D eigenvalue weighted by molar-refractivity contribution is 9.10. The Balaban J connectivity index is 2.49. The van der Waals surface area contributed by atoms with E-state index in [0.717, 1.165) is 15.6 Å². The fraction of sp³-hybridized carbons (Fsp3) is 0.133. The van der Waals surface area contributed by atoms with E-state index in [1.54, 1.807) is 12.1 Å². The number of ketones is 1. The average molecular weight is 307 g/mol. The van der Waals surface area contributed by atoms with Gasteiger partial charge in [0.1, 0.15) is 5.82 Å². The average Bonchev–Trinajstić information content (AvgIpc) is 2.33. The minimum absolute atomic E-state index is 0.150. The van der Waals surface area contributed by atoms with E-state index >= 15 is 0 Å². The van der Waals surface area contributed by atoms with Gasteiger partial charge in [-0.1, -0.05) is 28.1 Å². The summed E-state index contributed by atoms with van der Waals surface area (Å²) in [7, 11) is 0. The molecule has 2 rings (SSSR count). The summed E-state index contributed by atoms with van der Waals surface area (Å²) in [6.07, 6.45) is 0. The van der Waals surface area contributed by atoms with Gasteiger partial charge in [-0.3, -0.25) is 4.79 Å². The van der Waals surface area contributed by atoms with Gasteiger partial charge in [-0.2, -0.15) is 0 Å². The van der Waals surface area contributed by atoms with E-state index in [4.69, 9.17) is 0 Å². The van der Waals surface area contributed by atoms with E-state index < -0.39 is 5.82 Å². The molecule has 0 N–H and O–H groups in total. The van der Waals surface area contributed by atoms with Gasteiger partial charge >= 0.3 is 0 Å². The SMILES string of the molecule is Cc1cc(C(=O)c2cccc(F)c2)c(C)cc1Br. The number of rotatable bonds is 2. The van der Waals surface area contributed by atoms with Crippen LogP contribution < -0.4 is 0 Å². The molecule has 0 atom stereocenters. The van der Waals surface area contributed by atoms with Gasteiger partial charge in [0.05, 0.1) is 0 Å². The lowest BCUT2D eigenvalue weighted by Gasteiger charge is -2.08. The highest BCUT2D eigenvalue weighted by Gasteiger charge is 2.13. The number of benzene rings is 2. The fourth-order valence-electron chi connectivity index (χ4n) is 1.81. The van der Waals surface area contributed by atoms with Crippen molar-refractivity contribution >= 4 is 21.7 Å². The highest BCUT2D eigenvalue weighted by atomic mass is 79.9. The smallest absolute Gasteiger partial charge is 0.193 e. The number of carbonyl (C=O) groups excluding carboxylic acids is 1. The molecule has 0 bridgehead atoms. The molecule has 2 aromatic rings. The zero-order valence-electron chi connectivity index (χ0n) is 10.1. The molecule has 0 spiro atoms. The molecule has 1 nitrogen and oxygen atoms in total. The van der Waals surface area contributed by atoms with Crippen molar-refractivity contribution in [1.29, 1.82) is 0 Å². The number of carbonyl (C=O) groups is 1. The molecule has 0 amide bonds. The zero-order chi connectivity index (χ0) is 13.3. The minimum Gasteiger partial charge on any atom is -0.289 e. The van der Waals surface area contributed by atoms with Gasteiger partial charge in [0, 0.05) is 15.6 Å². The molecular weight excluding hydrogens is 295 g/mol.